The van der Waals surface area contributed by atoms with Crippen molar-refractivity contribution < 1.29 is 14.4 Å². The minimum absolute atomic E-state index is 0.268. The molecule has 0 saturated heterocycles. The molecular formula is C19H26N2O3. The van der Waals surface area contributed by atoms with E-state index in [2.05, 4.69) is 17.2 Å². The quantitative estimate of drug-likeness (QED) is 0.506. The Labute approximate surface area is 143 Å². The number of nitrogens with one attached hydrogen (secondary N) is 2. The summed E-state index contributed by atoms with van der Waals surface area (Å²) in [4.78, 5) is 36.1. The Kier molecular flexibility index (Phi) is 5.71. The molecule has 0 aliphatic carbocycles. The molecule has 0 heterocycles. The third-order valence-electron chi connectivity index (χ3n) is 2.95. The van der Waals surface area contributed by atoms with Crippen molar-refractivity contribution in [1.29, 1.82) is 0 Å². The Morgan fingerprint density at radius 2 is 1.12 bits per heavy atom. The molecule has 0 aliphatic rings. The molecule has 0 radical (unpaired) electrons. The van der Waals surface area contributed by atoms with Gasteiger partial charge < -0.3 is 10.6 Å². The predicted octanol–water partition coefficient (Wildman–Crippen LogP) is 2.71. The van der Waals surface area contributed by atoms with Crippen LogP contribution in [0.1, 0.15) is 57.5 Å². The van der Waals surface area contributed by atoms with Crippen molar-refractivity contribution in [3.05, 3.63) is 42.0 Å². The molecule has 1 rings (SSSR count). The number of ketones is 1. The van der Waals surface area contributed by atoms with Crippen LogP contribution >= 0.6 is 0 Å². The van der Waals surface area contributed by atoms with Crippen molar-refractivity contribution in [2.24, 2.45) is 0 Å². The van der Waals surface area contributed by atoms with E-state index in [1.54, 1.807) is 32.9 Å². The number of amides is 2. The Bertz CT molecular complexity index is 600. The van der Waals surface area contributed by atoms with E-state index in [9.17, 15) is 14.4 Å². The molecule has 2 amide bonds. The van der Waals surface area contributed by atoms with E-state index in [-0.39, 0.29) is 17.0 Å². The van der Waals surface area contributed by atoms with Gasteiger partial charge in [0, 0.05) is 22.2 Å². The monoisotopic (exact) mass is 330 g/mol. The average molecular weight is 330 g/mol. The topological polar surface area (TPSA) is 75.3 Å². The highest BCUT2D eigenvalue weighted by Crippen LogP contribution is 2.16. The maximum absolute atomic E-state index is 12.1. The Hall–Kier alpha value is -2.43. The van der Waals surface area contributed by atoms with E-state index in [1.807, 2.05) is 20.8 Å². The van der Waals surface area contributed by atoms with Crippen LogP contribution in [0.15, 0.2) is 30.8 Å². The van der Waals surface area contributed by atoms with Crippen molar-refractivity contribution >= 4 is 23.2 Å². The normalized spacial score (nSPS) is 11.6. The second-order valence-corrected chi connectivity index (χ2v) is 7.79. The van der Waals surface area contributed by atoms with Crippen LogP contribution in [0.25, 0.3) is 5.57 Å². The zero-order valence-corrected chi connectivity index (χ0v) is 15.2. The molecule has 2 N–H and O–H groups in total. The smallest absolute Gasteiger partial charge is 0.292 e. The van der Waals surface area contributed by atoms with E-state index in [4.69, 9.17) is 0 Å². The van der Waals surface area contributed by atoms with Crippen molar-refractivity contribution in [3.63, 3.8) is 0 Å². The predicted molar refractivity (Wildman–Crippen MR) is 95.6 cm³/mol. The van der Waals surface area contributed by atoms with Gasteiger partial charge in [-0.1, -0.05) is 30.8 Å². The largest absolute Gasteiger partial charge is 0.347 e. The lowest BCUT2D eigenvalue weighted by Gasteiger charge is -2.21. The molecule has 0 aromatic heterocycles. The maximum atomic E-state index is 12.1. The van der Waals surface area contributed by atoms with Crippen LogP contribution in [0.5, 0.6) is 0 Å². The van der Waals surface area contributed by atoms with Crippen molar-refractivity contribution in [2.45, 2.75) is 52.6 Å². The first kappa shape index (κ1) is 19.6. The van der Waals surface area contributed by atoms with Crippen molar-refractivity contribution in [1.82, 2.24) is 10.6 Å². The van der Waals surface area contributed by atoms with Gasteiger partial charge >= 0.3 is 0 Å². The van der Waals surface area contributed by atoms with Gasteiger partial charge in [0.25, 0.3) is 11.8 Å². The van der Waals surface area contributed by atoms with Gasteiger partial charge in [-0.25, -0.2) is 0 Å². The molecular weight excluding hydrogens is 304 g/mol. The van der Waals surface area contributed by atoms with Crippen LogP contribution < -0.4 is 10.6 Å². The summed E-state index contributed by atoms with van der Waals surface area (Å²) in [5, 5.41) is 5.46. The summed E-state index contributed by atoms with van der Waals surface area (Å²) in [7, 11) is 0. The molecule has 0 atom stereocenters. The van der Waals surface area contributed by atoms with Crippen LogP contribution in [-0.4, -0.2) is 28.7 Å². The highest BCUT2D eigenvalue weighted by atomic mass is 16.2. The van der Waals surface area contributed by atoms with Gasteiger partial charge in [-0.05, 0) is 47.1 Å². The first-order valence-electron chi connectivity index (χ1n) is 7.79. The summed E-state index contributed by atoms with van der Waals surface area (Å²) in [5.41, 5.74) is 0.338. The Balaban J connectivity index is 2.86. The summed E-state index contributed by atoms with van der Waals surface area (Å²) in [6, 6.07) is 6.27. The zero-order chi connectivity index (χ0) is 18.7. The van der Waals surface area contributed by atoms with Gasteiger partial charge in [0.05, 0.1) is 0 Å². The number of Topliss-reactive ketones (excluding diaryl/α,β-unsaturated/α-hetero) is 1. The fourth-order valence-electron chi connectivity index (χ4n) is 1.90. The van der Waals surface area contributed by atoms with Crippen LogP contribution in [0, 0.1) is 0 Å². The lowest BCUT2D eigenvalue weighted by Crippen LogP contribution is -2.44. The number of benzene rings is 1. The van der Waals surface area contributed by atoms with Crippen LogP contribution in [-0.2, 0) is 9.59 Å². The number of carbonyl (C=O) groups excluding carboxylic acids is 3. The SMILES string of the molecule is C=C(C(=O)NC(C)(C)C)c1ccc(C(=O)C(=O)NC(C)(C)C)cc1. The standard InChI is InChI=1S/C19H26N2O3/c1-12(16(23)20-18(2,3)4)13-8-10-14(11-9-13)15(22)17(24)21-19(5,6)7/h8-11H,1H2,2-7H3,(H,20,23)(H,21,24). The maximum Gasteiger partial charge on any atom is 0.292 e. The molecule has 0 fully saturated rings. The first-order valence-corrected chi connectivity index (χ1v) is 7.79. The molecule has 0 bridgehead atoms. The average Bonchev–Trinajstić information content (AvgIpc) is 2.42. The Morgan fingerprint density at radius 3 is 1.54 bits per heavy atom. The lowest BCUT2D eigenvalue weighted by molar-refractivity contribution is -0.118. The fraction of sp³-hybridized carbons (Fsp3) is 0.421. The zero-order valence-electron chi connectivity index (χ0n) is 15.2. The minimum atomic E-state index is -0.653. The summed E-state index contributed by atoms with van der Waals surface area (Å²) in [6.07, 6.45) is 0. The molecule has 0 saturated carbocycles. The lowest BCUT2D eigenvalue weighted by atomic mass is 10.0. The van der Waals surface area contributed by atoms with Gasteiger partial charge in [0.15, 0.2) is 0 Å². The Morgan fingerprint density at radius 1 is 0.750 bits per heavy atom. The van der Waals surface area contributed by atoms with Crippen molar-refractivity contribution in [2.75, 3.05) is 0 Å². The first-order chi connectivity index (χ1) is 10.8. The summed E-state index contributed by atoms with van der Waals surface area (Å²) < 4.78 is 0. The molecule has 1 aromatic carbocycles. The van der Waals surface area contributed by atoms with E-state index < -0.39 is 17.2 Å². The summed E-state index contributed by atoms with van der Waals surface area (Å²) in [6.45, 7) is 14.9. The van der Waals surface area contributed by atoms with Gasteiger partial charge in [-0.3, -0.25) is 14.4 Å². The van der Waals surface area contributed by atoms with Gasteiger partial charge in [-0.2, -0.15) is 0 Å². The van der Waals surface area contributed by atoms with Gasteiger partial charge in [0.1, 0.15) is 0 Å². The molecule has 0 aliphatic heterocycles. The third kappa shape index (κ3) is 5.99. The van der Waals surface area contributed by atoms with E-state index >= 15 is 0 Å². The molecule has 24 heavy (non-hydrogen) atoms. The highest BCUT2D eigenvalue weighted by molar-refractivity contribution is 6.43. The van der Waals surface area contributed by atoms with Crippen molar-refractivity contribution in [3.8, 4) is 0 Å². The molecule has 1 aromatic rings. The van der Waals surface area contributed by atoms with E-state index in [0.29, 0.717) is 11.1 Å². The van der Waals surface area contributed by atoms with Crippen LogP contribution in [0.4, 0.5) is 0 Å². The fourth-order valence-corrected chi connectivity index (χ4v) is 1.90. The minimum Gasteiger partial charge on any atom is -0.347 e. The number of rotatable bonds is 4. The van der Waals surface area contributed by atoms with E-state index in [1.165, 1.54) is 12.1 Å². The second-order valence-electron chi connectivity index (χ2n) is 7.79. The van der Waals surface area contributed by atoms with Gasteiger partial charge in [-0.15, -0.1) is 0 Å². The third-order valence-corrected chi connectivity index (χ3v) is 2.95. The number of hydrogen-bond acceptors (Lipinski definition) is 3. The molecule has 0 unspecified atom stereocenters. The molecule has 130 valence electrons. The summed E-state index contributed by atoms with van der Waals surface area (Å²) >= 11 is 0. The number of hydrogen-bond donors (Lipinski definition) is 2. The molecule has 5 heteroatoms. The summed E-state index contributed by atoms with van der Waals surface area (Å²) in [5.74, 6) is -1.53. The number of carbonyl (C=O) groups is 3. The van der Waals surface area contributed by atoms with Crippen LogP contribution in [0.2, 0.25) is 0 Å². The van der Waals surface area contributed by atoms with Gasteiger partial charge in [0.2, 0.25) is 5.78 Å². The van der Waals surface area contributed by atoms with E-state index in [0.717, 1.165) is 0 Å². The molecule has 5 nitrogen and oxygen atoms in total. The second kappa shape index (κ2) is 6.99. The molecule has 0 spiro atoms. The highest BCUT2D eigenvalue weighted by Gasteiger charge is 2.22. The van der Waals surface area contributed by atoms with Crippen LogP contribution in [0.3, 0.4) is 0 Å².